The Hall–Kier alpha value is -2.30. The monoisotopic (exact) mass is 291 g/mol. The second-order valence-electron chi connectivity index (χ2n) is 5.59. The molecule has 0 aromatic heterocycles. The summed E-state index contributed by atoms with van der Waals surface area (Å²) in [5.74, 6) is -1.10. The smallest absolute Gasteiger partial charge is 0.408 e. The molecule has 2 N–H and O–H groups in total. The first-order valence-corrected chi connectivity index (χ1v) is 6.72. The summed E-state index contributed by atoms with van der Waals surface area (Å²) in [6, 6.07) is 8.50. The molecule has 5 heteroatoms. The molecule has 1 aromatic rings. The third-order valence-corrected chi connectivity index (χ3v) is 2.47. The lowest BCUT2D eigenvalue weighted by Crippen LogP contribution is -2.43. The highest BCUT2D eigenvalue weighted by atomic mass is 16.6. The number of alkyl carbamates (subject to hydrolysis) is 1. The molecule has 21 heavy (non-hydrogen) atoms. The third-order valence-electron chi connectivity index (χ3n) is 2.47. The van der Waals surface area contributed by atoms with E-state index in [2.05, 4.69) is 5.32 Å². The van der Waals surface area contributed by atoms with Crippen LogP contribution in [0.5, 0.6) is 0 Å². The van der Waals surface area contributed by atoms with Crippen LogP contribution in [0.25, 0.3) is 6.08 Å². The Morgan fingerprint density at radius 3 is 2.43 bits per heavy atom. The number of nitrogens with one attached hydrogen (secondary N) is 1. The molecule has 0 aliphatic rings. The fourth-order valence-electron chi connectivity index (χ4n) is 1.58. The first-order chi connectivity index (χ1) is 9.78. The summed E-state index contributed by atoms with van der Waals surface area (Å²) in [6.45, 7) is 5.16. The van der Waals surface area contributed by atoms with E-state index in [1.807, 2.05) is 36.4 Å². The van der Waals surface area contributed by atoms with Gasteiger partial charge in [-0.1, -0.05) is 42.5 Å². The zero-order valence-electron chi connectivity index (χ0n) is 12.5. The molecule has 1 atom stereocenters. The summed E-state index contributed by atoms with van der Waals surface area (Å²) in [4.78, 5) is 22.7. The predicted molar refractivity (Wildman–Crippen MR) is 80.9 cm³/mol. The summed E-state index contributed by atoms with van der Waals surface area (Å²) < 4.78 is 5.05. The minimum Gasteiger partial charge on any atom is -0.480 e. The van der Waals surface area contributed by atoms with Crippen LogP contribution in [0, 0.1) is 0 Å². The molecule has 0 saturated carbocycles. The van der Waals surface area contributed by atoms with Crippen LogP contribution in [-0.2, 0) is 9.53 Å². The molecule has 1 amide bonds. The number of carboxylic acids is 1. The van der Waals surface area contributed by atoms with Crippen molar-refractivity contribution in [2.45, 2.75) is 38.8 Å². The number of hydrogen-bond donors (Lipinski definition) is 2. The molecular formula is C16H21NO4. The molecule has 1 rings (SSSR count). The number of rotatable bonds is 5. The van der Waals surface area contributed by atoms with Crippen molar-refractivity contribution in [1.82, 2.24) is 5.32 Å². The highest BCUT2D eigenvalue weighted by Gasteiger charge is 2.22. The van der Waals surface area contributed by atoms with Gasteiger partial charge in [0.15, 0.2) is 0 Å². The Bertz CT molecular complexity index is 503. The fraction of sp³-hybridized carbons (Fsp3) is 0.375. The van der Waals surface area contributed by atoms with E-state index in [9.17, 15) is 9.59 Å². The molecule has 1 aromatic carbocycles. The number of ether oxygens (including phenoxy) is 1. The largest absolute Gasteiger partial charge is 0.480 e. The lowest BCUT2D eigenvalue weighted by Gasteiger charge is -2.21. The molecule has 0 radical (unpaired) electrons. The number of carbonyl (C=O) groups excluding carboxylic acids is 1. The summed E-state index contributed by atoms with van der Waals surface area (Å²) >= 11 is 0. The molecule has 5 nitrogen and oxygen atoms in total. The first kappa shape index (κ1) is 16.8. The maximum absolute atomic E-state index is 11.6. The van der Waals surface area contributed by atoms with Gasteiger partial charge in [-0.25, -0.2) is 9.59 Å². The van der Waals surface area contributed by atoms with Crippen LogP contribution >= 0.6 is 0 Å². The van der Waals surface area contributed by atoms with Gasteiger partial charge in [0.05, 0.1) is 0 Å². The zero-order valence-corrected chi connectivity index (χ0v) is 12.5. The number of amides is 1. The van der Waals surface area contributed by atoms with Gasteiger partial charge in [0.25, 0.3) is 0 Å². The molecule has 0 aliphatic carbocycles. The SMILES string of the molecule is CC(C)(C)OC(=O)N[C@H](C/C=C\c1ccccc1)C(=O)O. The summed E-state index contributed by atoms with van der Waals surface area (Å²) in [5, 5.41) is 11.5. The number of aliphatic carboxylic acids is 1. The summed E-state index contributed by atoms with van der Waals surface area (Å²) in [7, 11) is 0. The molecule has 114 valence electrons. The van der Waals surface area contributed by atoms with Crippen LogP contribution in [0.2, 0.25) is 0 Å². The van der Waals surface area contributed by atoms with Crippen LogP contribution in [0.4, 0.5) is 4.79 Å². The molecule has 0 aliphatic heterocycles. The average Bonchev–Trinajstić information content (AvgIpc) is 2.36. The number of benzene rings is 1. The van der Waals surface area contributed by atoms with Crippen LogP contribution in [0.15, 0.2) is 36.4 Å². The molecule has 0 heterocycles. The molecule has 0 bridgehead atoms. The van der Waals surface area contributed by atoms with Gasteiger partial charge in [0.2, 0.25) is 0 Å². The van der Waals surface area contributed by atoms with Crippen LogP contribution in [-0.4, -0.2) is 28.8 Å². The normalized spacial score (nSPS) is 12.9. The van der Waals surface area contributed by atoms with Gasteiger partial charge in [0.1, 0.15) is 11.6 Å². The topological polar surface area (TPSA) is 75.6 Å². The average molecular weight is 291 g/mol. The summed E-state index contributed by atoms with van der Waals surface area (Å²) in [5.41, 5.74) is 0.312. The van der Waals surface area contributed by atoms with E-state index >= 15 is 0 Å². The highest BCUT2D eigenvalue weighted by Crippen LogP contribution is 2.08. The van der Waals surface area contributed by atoms with Gasteiger partial charge in [0, 0.05) is 0 Å². The van der Waals surface area contributed by atoms with Crippen molar-refractivity contribution in [2.75, 3.05) is 0 Å². The van der Waals surface area contributed by atoms with Crippen LogP contribution < -0.4 is 5.32 Å². The van der Waals surface area contributed by atoms with E-state index in [4.69, 9.17) is 9.84 Å². The highest BCUT2D eigenvalue weighted by molar-refractivity contribution is 5.80. The fourth-order valence-corrected chi connectivity index (χ4v) is 1.58. The van der Waals surface area contributed by atoms with Gasteiger partial charge >= 0.3 is 12.1 Å². The van der Waals surface area contributed by atoms with E-state index in [-0.39, 0.29) is 6.42 Å². The second kappa shape index (κ2) is 7.47. The predicted octanol–water partition coefficient (Wildman–Crippen LogP) is 3.07. The lowest BCUT2D eigenvalue weighted by atomic mass is 10.1. The minimum atomic E-state index is -1.10. The first-order valence-electron chi connectivity index (χ1n) is 6.72. The van der Waals surface area contributed by atoms with E-state index < -0.39 is 23.7 Å². The molecule has 0 saturated heterocycles. The molecule has 0 spiro atoms. The van der Waals surface area contributed by atoms with Crippen molar-refractivity contribution in [3.05, 3.63) is 42.0 Å². The van der Waals surface area contributed by atoms with Crippen LogP contribution in [0.1, 0.15) is 32.8 Å². The van der Waals surface area contributed by atoms with E-state index in [1.54, 1.807) is 26.8 Å². The van der Waals surface area contributed by atoms with Gasteiger partial charge in [-0.05, 0) is 32.8 Å². The van der Waals surface area contributed by atoms with E-state index in [0.717, 1.165) is 5.56 Å². The second-order valence-corrected chi connectivity index (χ2v) is 5.59. The Labute approximate surface area is 124 Å². The molecule has 0 fully saturated rings. The minimum absolute atomic E-state index is 0.184. The number of carboxylic acid groups (broad SMARTS) is 1. The Morgan fingerprint density at radius 1 is 1.29 bits per heavy atom. The van der Waals surface area contributed by atoms with Gasteiger partial charge in [-0.2, -0.15) is 0 Å². The number of hydrogen-bond acceptors (Lipinski definition) is 3. The van der Waals surface area contributed by atoms with E-state index in [1.165, 1.54) is 0 Å². The van der Waals surface area contributed by atoms with Gasteiger partial charge < -0.3 is 15.2 Å². The Morgan fingerprint density at radius 2 is 1.90 bits per heavy atom. The van der Waals surface area contributed by atoms with Crippen molar-refractivity contribution < 1.29 is 19.4 Å². The van der Waals surface area contributed by atoms with Crippen LogP contribution in [0.3, 0.4) is 0 Å². The Balaban J connectivity index is 2.56. The molecular weight excluding hydrogens is 270 g/mol. The van der Waals surface area contributed by atoms with Crippen molar-refractivity contribution >= 4 is 18.1 Å². The number of carbonyl (C=O) groups is 2. The Kier molecular flexibility index (Phi) is 5.96. The lowest BCUT2D eigenvalue weighted by molar-refractivity contribution is -0.139. The van der Waals surface area contributed by atoms with Crippen molar-refractivity contribution in [3.8, 4) is 0 Å². The molecule has 0 unspecified atom stereocenters. The third kappa shape index (κ3) is 7.15. The maximum atomic E-state index is 11.6. The van der Waals surface area contributed by atoms with Gasteiger partial charge in [-0.15, -0.1) is 0 Å². The van der Waals surface area contributed by atoms with Crippen molar-refractivity contribution in [3.63, 3.8) is 0 Å². The van der Waals surface area contributed by atoms with E-state index in [0.29, 0.717) is 0 Å². The zero-order chi connectivity index (χ0) is 15.9. The summed E-state index contributed by atoms with van der Waals surface area (Å²) in [6.07, 6.45) is 2.98. The van der Waals surface area contributed by atoms with Gasteiger partial charge in [-0.3, -0.25) is 0 Å². The quantitative estimate of drug-likeness (QED) is 0.874. The van der Waals surface area contributed by atoms with Crippen molar-refractivity contribution in [2.24, 2.45) is 0 Å². The van der Waals surface area contributed by atoms with Crippen molar-refractivity contribution in [1.29, 1.82) is 0 Å². The standard InChI is InChI=1S/C16H21NO4/c1-16(2,3)21-15(20)17-13(14(18)19)11-7-10-12-8-5-4-6-9-12/h4-10,13H,11H2,1-3H3,(H,17,20)(H,18,19)/b10-7-/t13-/m1/s1. The maximum Gasteiger partial charge on any atom is 0.408 e.